The number of hydrogen-bond donors (Lipinski definition) is 2. The van der Waals surface area contributed by atoms with Crippen molar-refractivity contribution in [2.45, 2.75) is 26.0 Å². The second-order valence-corrected chi connectivity index (χ2v) is 6.35. The molecule has 0 amide bonds. The molecule has 1 unspecified atom stereocenters. The molecule has 0 fully saturated rings. The third-order valence-corrected chi connectivity index (χ3v) is 4.53. The molecule has 0 spiro atoms. The first-order valence-corrected chi connectivity index (χ1v) is 7.34. The van der Waals surface area contributed by atoms with Crippen LogP contribution in [0.5, 0.6) is 0 Å². The third-order valence-electron chi connectivity index (χ3n) is 2.82. The molecule has 108 valence electrons. The maximum absolute atomic E-state index is 12.7. The fraction of sp³-hybridized carbons (Fsp3) is 0.500. The average molecular weight is 290 g/mol. The van der Waals surface area contributed by atoms with Gasteiger partial charge in [-0.2, -0.15) is 17.4 Å². The number of hydrogen-bond acceptors (Lipinski definition) is 3. The van der Waals surface area contributed by atoms with Crippen LogP contribution in [0.15, 0.2) is 24.3 Å². The SMILES string of the molecule is CC(C)N(C)S(=O)(=O)NCC(O)c1ccc(F)cc1. The van der Waals surface area contributed by atoms with E-state index >= 15 is 0 Å². The minimum atomic E-state index is -3.62. The van der Waals surface area contributed by atoms with E-state index in [4.69, 9.17) is 0 Å². The first-order valence-electron chi connectivity index (χ1n) is 5.90. The molecule has 1 aromatic rings. The fourth-order valence-electron chi connectivity index (χ4n) is 1.37. The van der Waals surface area contributed by atoms with E-state index in [0.29, 0.717) is 5.56 Å². The maximum atomic E-state index is 12.7. The van der Waals surface area contributed by atoms with Crippen LogP contribution in [-0.4, -0.2) is 37.5 Å². The Hall–Kier alpha value is -1.02. The van der Waals surface area contributed by atoms with Crippen molar-refractivity contribution in [3.8, 4) is 0 Å². The number of benzene rings is 1. The summed E-state index contributed by atoms with van der Waals surface area (Å²) in [5, 5.41) is 9.83. The quantitative estimate of drug-likeness (QED) is 0.822. The van der Waals surface area contributed by atoms with Gasteiger partial charge in [0.15, 0.2) is 0 Å². The van der Waals surface area contributed by atoms with Crippen LogP contribution in [0.1, 0.15) is 25.5 Å². The molecule has 7 heteroatoms. The summed E-state index contributed by atoms with van der Waals surface area (Å²) in [4.78, 5) is 0. The fourth-order valence-corrected chi connectivity index (χ4v) is 2.49. The van der Waals surface area contributed by atoms with E-state index in [1.807, 2.05) is 0 Å². The van der Waals surface area contributed by atoms with Gasteiger partial charge in [-0.3, -0.25) is 0 Å². The van der Waals surface area contributed by atoms with Crippen molar-refractivity contribution in [1.82, 2.24) is 9.03 Å². The van der Waals surface area contributed by atoms with E-state index in [1.54, 1.807) is 13.8 Å². The summed E-state index contributed by atoms with van der Waals surface area (Å²) in [5.74, 6) is -0.406. The standard InChI is InChI=1S/C12H19FN2O3S/c1-9(2)15(3)19(17,18)14-8-12(16)10-4-6-11(13)7-5-10/h4-7,9,12,14,16H,8H2,1-3H3. The van der Waals surface area contributed by atoms with Gasteiger partial charge in [-0.25, -0.2) is 4.39 Å². The Balaban J connectivity index is 2.64. The average Bonchev–Trinajstić information content (AvgIpc) is 2.35. The highest BCUT2D eigenvalue weighted by molar-refractivity contribution is 7.87. The van der Waals surface area contributed by atoms with Crippen LogP contribution < -0.4 is 4.72 Å². The van der Waals surface area contributed by atoms with Crippen LogP contribution in [0, 0.1) is 5.82 Å². The van der Waals surface area contributed by atoms with Crippen LogP contribution in [-0.2, 0) is 10.2 Å². The molecule has 0 saturated carbocycles. The third kappa shape index (κ3) is 4.54. The first kappa shape index (κ1) is 16.0. The summed E-state index contributed by atoms with van der Waals surface area (Å²) in [5.41, 5.74) is 0.455. The number of aliphatic hydroxyl groups excluding tert-OH is 1. The van der Waals surface area contributed by atoms with Crippen molar-refractivity contribution in [3.63, 3.8) is 0 Å². The summed E-state index contributed by atoms with van der Waals surface area (Å²) in [6.07, 6.45) is -1.02. The van der Waals surface area contributed by atoms with E-state index in [9.17, 15) is 17.9 Å². The van der Waals surface area contributed by atoms with Gasteiger partial charge in [-0.1, -0.05) is 12.1 Å². The van der Waals surface area contributed by atoms with Gasteiger partial charge in [-0.05, 0) is 31.5 Å². The number of nitrogens with one attached hydrogen (secondary N) is 1. The molecule has 1 aromatic carbocycles. The lowest BCUT2D eigenvalue weighted by molar-refractivity contribution is 0.181. The molecule has 0 saturated heterocycles. The largest absolute Gasteiger partial charge is 0.387 e. The highest BCUT2D eigenvalue weighted by atomic mass is 32.2. The zero-order chi connectivity index (χ0) is 14.6. The monoisotopic (exact) mass is 290 g/mol. The molecule has 1 atom stereocenters. The van der Waals surface area contributed by atoms with Gasteiger partial charge in [0.1, 0.15) is 5.82 Å². The van der Waals surface area contributed by atoms with Crippen LogP contribution in [0.2, 0.25) is 0 Å². The Labute approximate surface area is 113 Å². The molecule has 0 aliphatic carbocycles. The minimum Gasteiger partial charge on any atom is -0.387 e. The van der Waals surface area contributed by atoms with Crippen LogP contribution in [0.4, 0.5) is 4.39 Å². The number of aliphatic hydroxyl groups is 1. The van der Waals surface area contributed by atoms with E-state index in [-0.39, 0.29) is 12.6 Å². The highest BCUT2D eigenvalue weighted by Crippen LogP contribution is 2.13. The van der Waals surface area contributed by atoms with E-state index in [2.05, 4.69) is 4.72 Å². The van der Waals surface area contributed by atoms with Gasteiger partial charge in [0.25, 0.3) is 10.2 Å². The van der Waals surface area contributed by atoms with Crippen molar-refractivity contribution < 1.29 is 17.9 Å². The smallest absolute Gasteiger partial charge is 0.279 e. The second kappa shape index (κ2) is 6.42. The zero-order valence-electron chi connectivity index (χ0n) is 11.2. The molecule has 0 aliphatic heterocycles. The van der Waals surface area contributed by atoms with Gasteiger partial charge in [0.05, 0.1) is 6.10 Å². The van der Waals surface area contributed by atoms with Gasteiger partial charge < -0.3 is 5.11 Å². The van der Waals surface area contributed by atoms with Crippen molar-refractivity contribution in [2.24, 2.45) is 0 Å². The molecule has 19 heavy (non-hydrogen) atoms. The van der Waals surface area contributed by atoms with Crippen LogP contribution in [0.3, 0.4) is 0 Å². The van der Waals surface area contributed by atoms with Crippen LogP contribution in [0.25, 0.3) is 0 Å². The zero-order valence-corrected chi connectivity index (χ0v) is 12.0. The van der Waals surface area contributed by atoms with Crippen molar-refractivity contribution >= 4 is 10.2 Å². The molecule has 0 radical (unpaired) electrons. The van der Waals surface area contributed by atoms with Gasteiger partial charge in [0.2, 0.25) is 0 Å². The summed E-state index contributed by atoms with van der Waals surface area (Å²) < 4.78 is 39.8. The normalized spacial score (nSPS) is 14.1. The van der Waals surface area contributed by atoms with E-state index in [1.165, 1.54) is 35.6 Å². The number of nitrogens with zero attached hydrogens (tertiary/aromatic N) is 1. The lowest BCUT2D eigenvalue weighted by Gasteiger charge is -2.22. The lowest BCUT2D eigenvalue weighted by atomic mass is 10.1. The molecule has 0 heterocycles. The number of rotatable bonds is 6. The summed E-state index contributed by atoms with van der Waals surface area (Å²) in [6, 6.07) is 5.09. The molecule has 1 rings (SSSR count). The van der Waals surface area contributed by atoms with Crippen molar-refractivity contribution in [3.05, 3.63) is 35.6 Å². The van der Waals surface area contributed by atoms with Gasteiger partial charge >= 0.3 is 0 Å². The Kier molecular flexibility index (Phi) is 5.42. The Bertz CT molecular complexity index is 502. The Morgan fingerprint density at radius 3 is 2.32 bits per heavy atom. The van der Waals surface area contributed by atoms with E-state index < -0.39 is 22.1 Å². The molecule has 0 aromatic heterocycles. The molecule has 2 N–H and O–H groups in total. The highest BCUT2D eigenvalue weighted by Gasteiger charge is 2.21. The molecule has 0 aliphatic rings. The predicted octanol–water partition coefficient (Wildman–Crippen LogP) is 1.03. The molecule has 5 nitrogen and oxygen atoms in total. The second-order valence-electron chi connectivity index (χ2n) is 4.53. The van der Waals surface area contributed by atoms with Gasteiger partial charge in [0, 0.05) is 19.6 Å². The topological polar surface area (TPSA) is 69.6 Å². The van der Waals surface area contributed by atoms with E-state index in [0.717, 1.165) is 0 Å². The van der Waals surface area contributed by atoms with Crippen molar-refractivity contribution in [2.75, 3.05) is 13.6 Å². The minimum absolute atomic E-state index is 0.162. The van der Waals surface area contributed by atoms with Crippen LogP contribution >= 0.6 is 0 Å². The number of halogens is 1. The molecular formula is C12H19FN2O3S. The predicted molar refractivity (Wildman–Crippen MR) is 71.2 cm³/mol. The maximum Gasteiger partial charge on any atom is 0.279 e. The van der Waals surface area contributed by atoms with Crippen molar-refractivity contribution in [1.29, 1.82) is 0 Å². The Morgan fingerprint density at radius 2 is 1.84 bits per heavy atom. The first-order chi connectivity index (χ1) is 8.74. The molecular weight excluding hydrogens is 271 g/mol. The summed E-state index contributed by atoms with van der Waals surface area (Å²) in [6.45, 7) is 3.33. The lowest BCUT2D eigenvalue weighted by Crippen LogP contribution is -2.43. The molecule has 0 bridgehead atoms. The summed E-state index contributed by atoms with van der Waals surface area (Å²) >= 11 is 0. The summed E-state index contributed by atoms with van der Waals surface area (Å²) in [7, 11) is -2.17. The van der Waals surface area contributed by atoms with Gasteiger partial charge in [-0.15, -0.1) is 0 Å². The Morgan fingerprint density at radius 1 is 1.32 bits per heavy atom.